The normalized spacial score (nSPS) is 18.2. The summed E-state index contributed by atoms with van der Waals surface area (Å²) in [6.45, 7) is 5.10. The number of aryl methyl sites for hydroxylation is 1. The van der Waals surface area contributed by atoms with Crippen LogP contribution >= 0.6 is 0 Å². The minimum atomic E-state index is 0.270. The lowest BCUT2D eigenvalue weighted by atomic mass is 9.98. The molecule has 0 atom stereocenters. The Kier molecular flexibility index (Phi) is 3.53. The highest BCUT2D eigenvalue weighted by Gasteiger charge is 2.18. The van der Waals surface area contributed by atoms with Crippen LogP contribution in [0.3, 0.4) is 0 Å². The SMILES string of the molecule is Cc1cncc(CN2CCC(C#N)CC2)c1. The number of hydrogen-bond acceptors (Lipinski definition) is 3. The Morgan fingerprint density at radius 2 is 2.19 bits per heavy atom. The highest BCUT2D eigenvalue weighted by atomic mass is 15.1. The Hall–Kier alpha value is -1.40. The molecule has 0 aliphatic carbocycles. The maximum absolute atomic E-state index is 8.82. The second-order valence-corrected chi connectivity index (χ2v) is 4.55. The van der Waals surface area contributed by atoms with Crippen molar-refractivity contribution in [2.75, 3.05) is 13.1 Å². The van der Waals surface area contributed by atoms with E-state index in [4.69, 9.17) is 5.26 Å². The molecular formula is C13H17N3. The molecule has 1 saturated heterocycles. The van der Waals surface area contributed by atoms with E-state index in [2.05, 4.69) is 28.9 Å². The van der Waals surface area contributed by atoms with Crippen LogP contribution in [0.4, 0.5) is 0 Å². The van der Waals surface area contributed by atoms with Crippen LogP contribution in [0.5, 0.6) is 0 Å². The van der Waals surface area contributed by atoms with Gasteiger partial charge < -0.3 is 0 Å². The third kappa shape index (κ3) is 2.80. The first-order chi connectivity index (χ1) is 7.78. The monoisotopic (exact) mass is 215 g/mol. The highest BCUT2D eigenvalue weighted by molar-refractivity contribution is 5.16. The van der Waals surface area contributed by atoms with E-state index in [9.17, 15) is 0 Å². The van der Waals surface area contributed by atoms with Crippen molar-refractivity contribution >= 4 is 0 Å². The summed E-state index contributed by atoms with van der Waals surface area (Å²) in [5, 5.41) is 8.82. The molecule has 84 valence electrons. The molecule has 1 aliphatic heterocycles. The van der Waals surface area contributed by atoms with Crippen LogP contribution in [-0.2, 0) is 6.54 Å². The Morgan fingerprint density at radius 1 is 1.44 bits per heavy atom. The lowest BCUT2D eigenvalue weighted by molar-refractivity contribution is 0.198. The molecule has 0 bridgehead atoms. The number of nitrogens with zero attached hydrogens (tertiary/aromatic N) is 3. The summed E-state index contributed by atoms with van der Waals surface area (Å²) >= 11 is 0. The van der Waals surface area contributed by atoms with Gasteiger partial charge >= 0.3 is 0 Å². The molecule has 16 heavy (non-hydrogen) atoms. The zero-order valence-electron chi connectivity index (χ0n) is 9.69. The first-order valence-corrected chi connectivity index (χ1v) is 5.80. The maximum Gasteiger partial charge on any atom is 0.0656 e. The topological polar surface area (TPSA) is 39.9 Å². The standard InChI is InChI=1S/C13H17N3/c1-11-6-13(9-15-8-11)10-16-4-2-12(7-14)3-5-16/h6,8-9,12H,2-5,10H2,1H3. The average molecular weight is 215 g/mol. The number of hydrogen-bond donors (Lipinski definition) is 0. The molecule has 1 aliphatic rings. The minimum absolute atomic E-state index is 0.270. The molecule has 1 aromatic heterocycles. The number of nitriles is 1. The van der Waals surface area contributed by atoms with E-state index in [1.54, 1.807) is 0 Å². The third-order valence-corrected chi connectivity index (χ3v) is 3.11. The van der Waals surface area contributed by atoms with E-state index in [0.29, 0.717) is 0 Å². The fraction of sp³-hybridized carbons (Fsp3) is 0.538. The molecule has 2 rings (SSSR count). The molecule has 3 nitrogen and oxygen atoms in total. The number of aromatic nitrogens is 1. The lowest BCUT2D eigenvalue weighted by Crippen LogP contribution is -2.32. The van der Waals surface area contributed by atoms with Crippen LogP contribution in [0, 0.1) is 24.2 Å². The molecule has 0 spiro atoms. The number of pyridine rings is 1. The van der Waals surface area contributed by atoms with E-state index >= 15 is 0 Å². The van der Waals surface area contributed by atoms with Crippen LogP contribution in [-0.4, -0.2) is 23.0 Å². The van der Waals surface area contributed by atoms with Gasteiger partial charge in [0, 0.05) is 24.9 Å². The van der Waals surface area contributed by atoms with E-state index in [0.717, 1.165) is 32.5 Å². The van der Waals surface area contributed by atoms with Gasteiger partial charge in [-0.25, -0.2) is 0 Å². The van der Waals surface area contributed by atoms with Crippen molar-refractivity contribution in [3.8, 4) is 6.07 Å². The molecule has 0 N–H and O–H groups in total. The van der Waals surface area contributed by atoms with Gasteiger partial charge in [0.15, 0.2) is 0 Å². The van der Waals surface area contributed by atoms with Crippen molar-refractivity contribution in [2.45, 2.75) is 26.3 Å². The van der Waals surface area contributed by atoms with Crippen molar-refractivity contribution in [3.63, 3.8) is 0 Å². The summed E-state index contributed by atoms with van der Waals surface area (Å²) in [4.78, 5) is 6.61. The smallest absolute Gasteiger partial charge is 0.0656 e. The molecule has 2 heterocycles. The fourth-order valence-corrected chi connectivity index (χ4v) is 2.18. The van der Waals surface area contributed by atoms with Crippen LogP contribution in [0.1, 0.15) is 24.0 Å². The molecule has 0 amide bonds. The summed E-state index contributed by atoms with van der Waals surface area (Å²) in [6.07, 6.45) is 5.83. The van der Waals surface area contributed by atoms with Crippen LogP contribution in [0.15, 0.2) is 18.5 Å². The lowest BCUT2D eigenvalue weighted by Gasteiger charge is -2.28. The van der Waals surface area contributed by atoms with Crippen molar-refractivity contribution in [1.82, 2.24) is 9.88 Å². The Morgan fingerprint density at radius 3 is 2.81 bits per heavy atom. The predicted molar refractivity (Wildman–Crippen MR) is 62.6 cm³/mol. The number of rotatable bonds is 2. The van der Waals surface area contributed by atoms with Crippen LogP contribution in [0.2, 0.25) is 0 Å². The third-order valence-electron chi connectivity index (χ3n) is 3.11. The van der Waals surface area contributed by atoms with Gasteiger partial charge in [-0.2, -0.15) is 5.26 Å². The molecule has 3 heteroatoms. The molecule has 1 fully saturated rings. The van der Waals surface area contributed by atoms with Gasteiger partial charge in [0.1, 0.15) is 0 Å². The van der Waals surface area contributed by atoms with Gasteiger partial charge in [-0.3, -0.25) is 9.88 Å². The summed E-state index contributed by atoms with van der Waals surface area (Å²) < 4.78 is 0. The molecule has 0 saturated carbocycles. The molecule has 1 aromatic rings. The van der Waals surface area contributed by atoms with Gasteiger partial charge in [-0.15, -0.1) is 0 Å². The Bertz CT molecular complexity index is 386. The van der Waals surface area contributed by atoms with E-state index < -0.39 is 0 Å². The predicted octanol–water partition coefficient (Wildman–Crippen LogP) is 2.13. The molecule has 0 aromatic carbocycles. The summed E-state index contributed by atoms with van der Waals surface area (Å²) in [7, 11) is 0. The second-order valence-electron chi connectivity index (χ2n) is 4.55. The first-order valence-electron chi connectivity index (χ1n) is 5.80. The maximum atomic E-state index is 8.82. The van der Waals surface area contributed by atoms with Crippen molar-refractivity contribution in [2.24, 2.45) is 5.92 Å². The number of piperidine rings is 1. The summed E-state index contributed by atoms with van der Waals surface area (Å²) in [5.41, 5.74) is 2.49. The van der Waals surface area contributed by atoms with Crippen molar-refractivity contribution < 1.29 is 0 Å². The highest BCUT2D eigenvalue weighted by Crippen LogP contribution is 2.18. The van der Waals surface area contributed by atoms with Crippen molar-refractivity contribution in [3.05, 3.63) is 29.6 Å². The number of likely N-dealkylation sites (tertiary alicyclic amines) is 1. The fourth-order valence-electron chi connectivity index (χ4n) is 2.18. The largest absolute Gasteiger partial charge is 0.299 e. The Balaban J connectivity index is 1.90. The van der Waals surface area contributed by atoms with E-state index in [1.165, 1.54) is 11.1 Å². The van der Waals surface area contributed by atoms with Gasteiger partial charge in [0.05, 0.1) is 6.07 Å². The van der Waals surface area contributed by atoms with Crippen LogP contribution < -0.4 is 0 Å². The van der Waals surface area contributed by atoms with Gasteiger partial charge in [0.2, 0.25) is 0 Å². The molecular weight excluding hydrogens is 198 g/mol. The first kappa shape index (κ1) is 11.1. The summed E-state index contributed by atoms with van der Waals surface area (Å²) in [5.74, 6) is 0.270. The van der Waals surface area contributed by atoms with Gasteiger partial charge in [0.25, 0.3) is 0 Å². The van der Waals surface area contributed by atoms with Gasteiger partial charge in [-0.05, 0) is 44.0 Å². The zero-order chi connectivity index (χ0) is 11.4. The minimum Gasteiger partial charge on any atom is -0.299 e. The van der Waals surface area contributed by atoms with Crippen molar-refractivity contribution in [1.29, 1.82) is 5.26 Å². The molecule has 0 radical (unpaired) electrons. The van der Waals surface area contributed by atoms with Crippen LogP contribution in [0.25, 0.3) is 0 Å². The second kappa shape index (κ2) is 5.09. The zero-order valence-corrected chi connectivity index (χ0v) is 9.69. The van der Waals surface area contributed by atoms with E-state index in [-0.39, 0.29) is 5.92 Å². The summed E-state index contributed by atoms with van der Waals surface area (Å²) in [6, 6.07) is 4.54. The average Bonchev–Trinajstić information content (AvgIpc) is 2.30. The molecule has 0 unspecified atom stereocenters. The van der Waals surface area contributed by atoms with Gasteiger partial charge in [-0.1, -0.05) is 6.07 Å². The Labute approximate surface area is 96.7 Å². The van der Waals surface area contributed by atoms with E-state index in [1.807, 2.05) is 12.4 Å². The quantitative estimate of drug-likeness (QED) is 0.758.